The molecular formula is C17H27NO4. The van der Waals surface area contributed by atoms with E-state index in [2.05, 4.69) is 15.5 Å². The van der Waals surface area contributed by atoms with Gasteiger partial charge in [0.25, 0.3) is 0 Å². The molecule has 0 aliphatic heterocycles. The molecule has 0 amide bonds. The number of nitrogens with zero attached hydrogens (tertiary/aromatic N) is 1. The van der Waals surface area contributed by atoms with Crippen LogP contribution in [0, 0.1) is 22.7 Å². The molecule has 124 valence electrons. The number of hydrogen-bond acceptors (Lipinski definition) is 5. The van der Waals surface area contributed by atoms with Crippen LogP contribution in [0.1, 0.15) is 64.2 Å². The minimum absolute atomic E-state index is 0.0865. The summed E-state index contributed by atoms with van der Waals surface area (Å²) in [6.07, 6.45) is 10.5. The Morgan fingerprint density at radius 3 is 1.82 bits per heavy atom. The molecule has 0 aromatic heterocycles. The minimum atomic E-state index is -0.398. The minimum Gasteiger partial charge on any atom is -0.469 e. The number of rotatable bonds is 4. The molecule has 5 heteroatoms. The highest BCUT2D eigenvalue weighted by Gasteiger charge is 2.42. The summed E-state index contributed by atoms with van der Waals surface area (Å²) in [5.41, 5.74) is 0.122. The van der Waals surface area contributed by atoms with Crippen molar-refractivity contribution < 1.29 is 19.1 Å². The van der Waals surface area contributed by atoms with Crippen molar-refractivity contribution in [1.29, 1.82) is 5.26 Å². The molecule has 2 aliphatic carbocycles. The van der Waals surface area contributed by atoms with Crippen LogP contribution in [0.25, 0.3) is 0 Å². The third kappa shape index (κ3) is 5.32. The average molecular weight is 309 g/mol. The fourth-order valence-electron chi connectivity index (χ4n) is 3.50. The first kappa shape index (κ1) is 18.5. The predicted octanol–water partition coefficient (Wildman–Crippen LogP) is 3.37. The molecule has 0 saturated heterocycles. The van der Waals surface area contributed by atoms with Crippen LogP contribution in [0.3, 0.4) is 0 Å². The van der Waals surface area contributed by atoms with Crippen LogP contribution >= 0.6 is 0 Å². The zero-order valence-electron chi connectivity index (χ0n) is 13.7. The van der Waals surface area contributed by atoms with Crippen molar-refractivity contribution in [3.8, 4) is 6.07 Å². The molecule has 0 unspecified atom stereocenters. The fourth-order valence-corrected chi connectivity index (χ4v) is 3.50. The summed E-state index contributed by atoms with van der Waals surface area (Å²) in [7, 11) is 2.55. The smallest absolute Gasteiger partial charge is 0.306 e. The zero-order chi connectivity index (χ0) is 16.4. The van der Waals surface area contributed by atoms with Crippen molar-refractivity contribution in [2.24, 2.45) is 11.3 Å². The summed E-state index contributed by atoms with van der Waals surface area (Å²) in [5, 5.41) is 9.23. The van der Waals surface area contributed by atoms with E-state index in [1.165, 1.54) is 65.6 Å². The number of esters is 2. The van der Waals surface area contributed by atoms with Gasteiger partial charge in [0, 0.05) is 0 Å². The Morgan fingerprint density at radius 2 is 1.45 bits per heavy atom. The van der Waals surface area contributed by atoms with Crippen LogP contribution in [0.4, 0.5) is 0 Å². The van der Waals surface area contributed by atoms with Crippen LogP contribution in [0.15, 0.2) is 0 Å². The van der Waals surface area contributed by atoms with E-state index in [0.717, 1.165) is 5.92 Å². The number of nitriles is 1. The van der Waals surface area contributed by atoms with Crippen LogP contribution < -0.4 is 0 Å². The van der Waals surface area contributed by atoms with Crippen LogP contribution in [0.2, 0.25) is 0 Å². The van der Waals surface area contributed by atoms with Gasteiger partial charge < -0.3 is 9.47 Å². The fraction of sp³-hybridized carbons (Fsp3) is 0.824. The topological polar surface area (TPSA) is 76.4 Å². The summed E-state index contributed by atoms with van der Waals surface area (Å²) in [6, 6.07) is 2.62. The van der Waals surface area contributed by atoms with Gasteiger partial charge in [0.15, 0.2) is 0 Å². The molecule has 0 radical (unpaired) electrons. The van der Waals surface area contributed by atoms with E-state index < -0.39 is 11.9 Å². The summed E-state index contributed by atoms with van der Waals surface area (Å²) >= 11 is 0. The number of ether oxygens (including phenoxy) is 2. The maximum absolute atomic E-state index is 10.4. The second-order valence-electron chi connectivity index (χ2n) is 6.11. The van der Waals surface area contributed by atoms with E-state index in [1.54, 1.807) is 0 Å². The average Bonchev–Trinajstić information content (AvgIpc) is 3.23. The van der Waals surface area contributed by atoms with Gasteiger partial charge in [0.05, 0.1) is 38.5 Å². The molecular weight excluding hydrogens is 282 g/mol. The largest absolute Gasteiger partial charge is 0.469 e. The lowest BCUT2D eigenvalue weighted by Crippen LogP contribution is -2.23. The number of carbonyl (C=O) groups excluding carboxylic acids is 2. The first-order valence-electron chi connectivity index (χ1n) is 8.13. The standard InChI is InChI=1S/C11H17N.C6H10O4/c12-9-11(7-3-4-8-11)10-5-1-2-6-10;1-9-5(7)3-4-6(8)10-2/h10H,1-8H2;3-4H2,1-2H3. The second kappa shape index (κ2) is 9.45. The molecule has 0 N–H and O–H groups in total. The van der Waals surface area contributed by atoms with Gasteiger partial charge in [-0.1, -0.05) is 25.7 Å². The third-order valence-electron chi connectivity index (χ3n) is 4.84. The third-order valence-corrected chi connectivity index (χ3v) is 4.84. The molecule has 5 nitrogen and oxygen atoms in total. The molecule has 22 heavy (non-hydrogen) atoms. The van der Waals surface area contributed by atoms with Crippen molar-refractivity contribution in [1.82, 2.24) is 0 Å². The van der Waals surface area contributed by atoms with E-state index in [9.17, 15) is 14.9 Å². The summed E-state index contributed by atoms with van der Waals surface area (Å²) in [5.74, 6) is -0.0409. The maximum atomic E-state index is 10.4. The van der Waals surface area contributed by atoms with Gasteiger partial charge in [-0.2, -0.15) is 5.26 Å². The van der Waals surface area contributed by atoms with Crippen LogP contribution in [0.5, 0.6) is 0 Å². The van der Waals surface area contributed by atoms with Crippen molar-refractivity contribution >= 4 is 11.9 Å². The van der Waals surface area contributed by atoms with Crippen molar-refractivity contribution in [2.45, 2.75) is 64.2 Å². The molecule has 0 heterocycles. The predicted molar refractivity (Wildman–Crippen MR) is 81.7 cm³/mol. The number of carbonyl (C=O) groups is 2. The van der Waals surface area contributed by atoms with Gasteiger partial charge in [-0.05, 0) is 31.6 Å². The maximum Gasteiger partial charge on any atom is 0.306 e. The van der Waals surface area contributed by atoms with Crippen molar-refractivity contribution in [2.75, 3.05) is 14.2 Å². The van der Waals surface area contributed by atoms with Gasteiger partial charge >= 0.3 is 11.9 Å². The summed E-state index contributed by atoms with van der Waals surface area (Å²) in [4.78, 5) is 20.8. The van der Waals surface area contributed by atoms with Gasteiger partial charge in [-0.25, -0.2) is 0 Å². The lowest BCUT2D eigenvalue weighted by atomic mass is 9.74. The van der Waals surface area contributed by atoms with Crippen molar-refractivity contribution in [3.05, 3.63) is 0 Å². The Hall–Kier alpha value is -1.57. The van der Waals surface area contributed by atoms with Gasteiger partial charge in [0.2, 0.25) is 0 Å². The molecule has 0 aromatic carbocycles. The SMILES string of the molecule is COC(=O)CCC(=O)OC.N#CC1(C2CCCC2)CCCC1. The Labute approximate surface area is 133 Å². The molecule has 2 rings (SSSR count). The number of hydrogen-bond donors (Lipinski definition) is 0. The Kier molecular flexibility index (Phi) is 7.94. The van der Waals surface area contributed by atoms with E-state index >= 15 is 0 Å². The van der Waals surface area contributed by atoms with Crippen LogP contribution in [-0.2, 0) is 19.1 Å². The van der Waals surface area contributed by atoms with E-state index in [4.69, 9.17) is 0 Å². The number of methoxy groups -OCH3 is 2. The van der Waals surface area contributed by atoms with Crippen LogP contribution in [-0.4, -0.2) is 26.2 Å². The molecule has 0 bridgehead atoms. The van der Waals surface area contributed by atoms with Gasteiger partial charge in [-0.3, -0.25) is 9.59 Å². The highest BCUT2D eigenvalue weighted by molar-refractivity contribution is 5.77. The Balaban J connectivity index is 0.000000225. The van der Waals surface area contributed by atoms with Gasteiger partial charge in [0.1, 0.15) is 0 Å². The molecule has 2 fully saturated rings. The molecule has 0 atom stereocenters. The molecule has 2 aliphatic rings. The Bertz CT molecular complexity index is 385. The van der Waals surface area contributed by atoms with E-state index in [1.807, 2.05) is 0 Å². The first-order valence-corrected chi connectivity index (χ1v) is 8.13. The first-order chi connectivity index (χ1) is 10.6. The van der Waals surface area contributed by atoms with E-state index in [-0.39, 0.29) is 18.3 Å². The zero-order valence-corrected chi connectivity index (χ0v) is 13.7. The van der Waals surface area contributed by atoms with E-state index in [0.29, 0.717) is 0 Å². The molecule has 0 aromatic rings. The lowest BCUT2D eigenvalue weighted by molar-refractivity contribution is -0.147. The molecule has 2 saturated carbocycles. The monoisotopic (exact) mass is 309 g/mol. The highest BCUT2D eigenvalue weighted by atomic mass is 16.5. The van der Waals surface area contributed by atoms with Gasteiger partial charge in [-0.15, -0.1) is 0 Å². The molecule has 0 spiro atoms. The summed E-state index contributed by atoms with van der Waals surface area (Å²) < 4.78 is 8.60. The summed E-state index contributed by atoms with van der Waals surface area (Å²) in [6.45, 7) is 0. The highest BCUT2D eigenvalue weighted by Crippen LogP contribution is 2.49. The second-order valence-corrected chi connectivity index (χ2v) is 6.11. The normalized spacial score (nSPS) is 19.7. The quantitative estimate of drug-likeness (QED) is 0.744. The van der Waals surface area contributed by atoms with Crippen molar-refractivity contribution in [3.63, 3.8) is 0 Å². The lowest BCUT2D eigenvalue weighted by Gasteiger charge is -2.27. The Morgan fingerprint density at radius 1 is 1.00 bits per heavy atom.